The van der Waals surface area contributed by atoms with Crippen molar-refractivity contribution < 1.29 is 14.3 Å². The summed E-state index contributed by atoms with van der Waals surface area (Å²) in [5.41, 5.74) is 0.655. The van der Waals surface area contributed by atoms with Gasteiger partial charge in [0.05, 0.1) is 5.52 Å². The number of benzene rings is 1. The van der Waals surface area contributed by atoms with Gasteiger partial charge in [-0.1, -0.05) is 6.07 Å². The molecule has 0 aliphatic rings. The second-order valence-corrected chi connectivity index (χ2v) is 3.79. The number of carboxylic acid groups (broad SMARTS) is 1. The minimum Gasteiger partial charge on any atom is -0.478 e. The average molecular weight is 221 g/mol. The minimum absolute atomic E-state index is 0.00833. The van der Waals surface area contributed by atoms with E-state index in [2.05, 4.69) is 0 Å². The second kappa shape index (κ2) is 3.52. The number of hydrogen-bond donors (Lipinski definition) is 1. The van der Waals surface area contributed by atoms with Crippen molar-refractivity contribution >= 4 is 17.1 Å². The van der Waals surface area contributed by atoms with Gasteiger partial charge in [0.25, 0.3) is 0 Å². The van der Waals surface area contributed by atoms with Crippen molar-refractivity contribution in [1.82, 2.24) is 4.57 Å². The Balaban J connectivity index is 2.88. The third-order valence-electron chi connectivity index (χ3n) is 2.39. The van der Waals surface area contributed by atoms with Crippen molar-refractivity contribution in [2.75, 3.05) is 0 Å². The molecule has 1 heterocycles. The van der Waals surface area contributed by atoms with Gasteiger partial charge in [0.15, 0.2) is 5.58 Å². The Morgan fingerprint density at radius 3 is 2.69 bits per heavy atom. The molecule has 5 heteroatoms. The largest absolute Gasteiger partial charge is 0.478 e. The van der Waals surface area contributed by atoms with Crippen LogP contribution in [0.1, 0.15) is 30.2 Å². The third kappa shape index (κ3) is 1.41. The van der Waals surface area contributed by atoms with Gasteiger partial charge in [-0.15, -0.1) is 0 Å². The fourth-order valence-electron chi connectivity index (χ4n) is 1.71. The predicted octanol–water partition coefficient (Wildman–Crippen LogP) is 1.87. The number of fused-ring (bicyclic) bond motifs is 1. The number of rotatable bonds is 2. The summed E-state index contributed by atoms with van der Waals surface area (Å²) in [7, 11) is 0. The van der Waals surface area contributed by atoms with Crippen molar-refractivity contribution in [3.8, 4) is 0 Å². The van der Waals surface area contributed by atoms with Crippen LogP contribution in [0.2, 0.25) is 0 Å². The van der Waals surface area contributed by atoms with E-state index in [1.165, 1.54) is 10.6 Å². The van der Waals surface area contributed by atoms with Crippen LogP contribution in [0, 0.1) is 0 Å². The van der Waals surface area contributed by atoms with E-state index in [0.29, 0.717) is 5.52 Å². The Labute approximate surface area is 90.9 Å². The highest BCUT2D eigenvalue weighted by molar-refractivity contribution is 5.99. The van der Waals surface area contributed by atoms with Crippen LogP contribution in [-0.2, 0) is 0 Å². The molecule has 0 atom stereocenters. The molecule has 1 N–H and O–H groups in total. The van der Waals surface area contributed by atoms with Crippen molar-refractivity contribution in [3.05, 3.63) is 34.3 Å². The molecule has 2 rings (SSSR count). The van der Waals surface area contributed by atoms with Gasteiger partial charge in [-0.2, -0.15) is 0 Å². The predicted molar refractivity (Wildman–Crippen MR) is 57.8 cm³/mol. The number of para-hydroxylation sites is 1. The molecule has 1 aromatic carbocycles. The molecular formula is C11H11NO4. The molecule has 0 bridgehead atoms. The summed E-state index contributed by atoms with van der Waals surface area (Å²) in [6, 6.07) is 4.61. The molecule has 2 aromatic rings. The normalized spacial score (nSPS) is 11.2. The smallest absolute Gasteiger partial charge is 0.420 e. The summed E-state index contributed by atoms with van der Waals surface area (Å²) in [4.78, 5) is 22.5. The standard InChI is InChI=1S/C11H11NO4/c1-6(2)12-8-5-3-4-7(10(13)14)9(8)16-11(12)15/h3-6H,1-2H3,(H,13,14). The Morgan fingerprint density at radius 2 is 2.12 bits per heavy atom. The van der Waals surface area contributed by atoms with Gasteiger partial charge in [0, 0.05) is 6.04 Å². The lowest BCUT2D eigenvalue weighted by Gasteiger charge is -2.04. The first kappa shape index (κ1) is 10.5. The van der Waals surface area contributed by atoms with Gasteiger partial charge in [0.2, 0.25) is 0 Å². The Morgan fingerprint density at radius 1 is 1.44 bits per heavy atom. The van der Waals surface area contributed by atoms with Crippen LogP contribution >= 0.6 is 0 Å². The van der Waals surface area contributed by atoms with Gasteiger partial charge < -0.3 is 9.52 Å². The number of aromatic carboxylic acids is 1. The first-order valence-corrected chi connectivity index (χ1v) is 4.89. The number of carboxylic acids is 1. The van der Waals surface area contributed by atoms with E-state index in [1.807, 2.05) is 13.8 Å². The van der Waals surface area contributed by atoms with Crippen molar-refractivity contribution in [2.45, 2.75) is 19.9 Å². The number of carbonyl (C=O) groups is 1. The van der Waals surface area contributed by atoms with E-state index in [1.54, 1.807) is 12.1 Å². The van der Waals surface area contributed by atoms with Crippen molar-refractivity contribution in [1.29, 1.82) is 0 Å². The zero-order chi connectivity index (χ0) is 11.9. The van der Waals surface area contributed by atoms with Crippen LogP contribution in [0.3, 0.4) is 0 Å². The Hall–Kier alpha value is -2.04. The Kier molecular flexibility index (Phi) is 2.30. The maximum Gasteiger partial charge on any atom is 0.420 e. The van der Waals surface area contributed by atoms with Gasteiger partial charge >= 0.3 is 11.7 Å². The number of nitrogens with zero attached hydrogens (tertiary/aromatic N) is 1. The SMILES string of the molecule is CC(C)n1c(=O)oc2c(C(=O)O)cccc21. The molecule has 16 heavy (non-hydrogen) atoms. The molecule has 0 fully saturated rings. The van der Waals surface area contributed by atoms with Gasteiger partial charge in [-0.25, -0.2) is 9.59 Å². The summed E-state index contributed by atoms with van der Waals surface area (Å²) < 4.78 is 6.41. The third-order valence-corrected chi connectivity index (χ3v) is 2.39. The maximum absolute atomic E-state index is 11.6. The van der Waals surface area contributed by atoms with Gasteiger partial charge in [-0.05, 0) is 26.0 Å². The van der Waals surface area contributed by atoms with Gasteiger partial charge in [-0.3, -0.25) is 4.57 Å². The highest BCUT2D eigenvalue weighted by Crippen LogP contribution is 2.20. The lowest BCUT2D eigenvalue weighted by atomic mass is 10.2. The minimum atomic E-state index is -1.10. The number of oxazole rings is 1. The number of aromatic nitrogens is 1. The topological polar surface area (TPSA) is 72.4 Å². The van der Waals surface area contributed by atoms with Gasteiger partial charge in [0.1, 0.15) is 5.56 Å². The van der Waals surface area contributed by atoms with E-state index in [9.17, 15) is 9.59 Å². The van der Waals surface area contributed by atoms with E-state index in [0.717, 1.165) is 0 Å². The lowest BCUT2D eigenvalue weighted by Crippen LogP contribution is -2.15. The first-order valence-electron chi connectivity index (χ1n) is 4.89. The highest BCUT2D eigenvalue weighted by atomic mass is 16.4. The second-order valence-electron chi connectivity index (χ2n) is 3.79. The average Bonchev–Trinajstić information content (AvgIpc) is 2.52. The quantitative estimate of drug-likeness (QED) is 0.840. The molecule has 0 unspecified atom stereocenters. The van der Waals surface area contributed by atoms with E-state index < -0.39 is 11.7 Å². The summed E-state index contributed by atoms with van der Waals surface area (Å²) in [5, 5.41) is 8.95. The molecule has 0 aliphatic heterocycles. The van der Waals surface area contributed by atoms with Crippen LogP contribution in [-0.4, -0.2) is 15.6 Å². The summed E-state index contributed by atoms with van der Waals surface area (Å²) >= 11 is 0. The van der Waals surface area contributed by atoms with Crippen molar-refractivity contribution in [2.24, 2.45) is 0 Å². The zero-order valence-electron chi connectivity index (χ0n) is 8.93. The molecule has 1 aromatic heterocycles. The molecule has 0 radical (unpaired) electrons. The summed E-state index contributed by atoms with van der Waals surface area (Å²) in [5.74, 6) is -1.63. The fourth-order valence-corrected chi connectivity index (χ4v) is 1.71. The zero-order valence-corrected chi connectivity index (χ0v) is 8.93. The van der Waals surface area contributed by atoms with Crippen LogP contribution in [0.4, 0.5) is 0 Å². The van der Waals surface area contributed by atoms with E-state index in [-0.39, 0.29) is 17.2 Å². The monoisotopic (exact) mass is 221 g/mol. The summed E-state index contributed by atoms with van der Waals surface area (Å²) in [6.07, 6.45) is 0. The van der Waals surface area contributed by atoms with Crippen LogP contribution < -0.4 is 5.76 Å². The molecule has 0 aliphatic carbocycles. The molecule has 0 saturated carbocycles. The molecule has 84 valence electrons. The highest BCUT2D eigenvalue weighted by Gasteiger charge is 2.17. The maximum atomic E-state index is 11.6. The summed E-state index contributed by atoms with van der Waals surface area (Å²) in [6.45, 7) is 3.67. The molecule has 0 amide bonds. The molecule has 0 spiro atoms. The van der Waals surface area contributed by atoms with E-state index in [4.69, 9.17) is 9.52 Å². The molecule has 5 nitrogen and oxygen atoms in total. The van der Waals surface area contributed by atoms with Crippen LogP contribution in [0.5, 0.6) is 0 Å². The molecular weight excluding hydrogens is 210 g/mol. The van der Waals surface area contributed by atoms with E-state index >= 15 is 0 Å². The molecule has 0 saturated heterocycles. The van der Waals surface area contributed by atoms with Crippen molar-refractivity contribution in [3.63, 3.8) is 0 Å². The first-order chi connectivity index (χ1) is 7.52. The van der Waals surface area contributed by atoms with Crippen LogP contribution in [0.15, 0.2) is 27.4 Å². The number of hydrogen-bond acceptors (Lipinski definition) is 3. The lowest BCUT2D eigenvalue weighted by molar-refractivity contribution is 0.0698. The Bertz CT molecular complexity index is 606. The fraction of sp³-hybridized carbons (Fsp3) is 0.273. The van der Waals surface area contributed by atoms with Crippen LogP contribution in [0.25, 0.3) is 11.1 Å².